The van der Waals surface area contributed by atoms with Crippen molar-refractivity contribution in [2.24, 2.45) is 0 Å². The van der Waals surface area contributed by atoms with Crippen molar-refractivity contribution in [1.82, 2.24) is 0 Å². The van der Waals surface area contributed by atoms with E-state index in [1.54, 1.807) is 24.3 Å². The predicted molar refractivity (Wildman–Crippen MR) is 88.4 cm³/mol. The van der Waals surface area contributed by atoms with E-state index in [-0.39, 0.29) is 5.91 Å². The summed E-state index contributed by atoms with van der Waals surface area (Å²) in [6.07, 6.45) is 1.68. The molecule has 0 radical (unpaired) electrons. The number of anilines is 1. The molecule has 1 heterocycles. The lowest BCUT2D eigenvalue weighted by Gasteiger charge is -2.21. The summed E-state index contributed by atoms with van der Waals surface area (Å²) in [5, 5.41) is 3.63. The number of nitrogens with one attached hydrogen (secondary N) is 1. The maximum Gasteiger partial charge on any atom is 0.235 e. The molecule has 2 aromatic carbocycles. The third-order valence-electron chi connectivity index (χ3n) is 4.38. The van der Waals surface area contributed by atoms with Crippen LogP contribution in [0.5, 0.6) is 11.5 Å². The molecule has 1 aliphatic carbocycles. The molecule has 0 saturated heterocycles. The first-order valence-electron chi connectivity index (χ1n) is 7.65. The molecule has 1 aliphatic heterocycles. The molecule has 0 unspecified atom stereocenters. The van der Waals surface area contributed by atoms with Crippen molar-refractivity contribution in [3.63, 3.8) is 0 Å². The first kappa shape index (κ1) is 14.4. The van der Waals surface area contributed by atoms with E-state index in [2.05, 4.69) is 5.32 Å². The van der Waals surface area contributed by atoms with Crippen molar-refractivity contribution < 1.29 is 14.3 Å². The molecule has 23 heavy (non-hydrogen) atoms. The molecule has 2 aliphatic rings. The number of amides is 1. The van der Waals surface area contributed by atoms with E-state index >= 15 is 0 Å². The second-order valence-corrected chi connectivity index (χ2v) is 6.34. The molecule has 1 saturated carbocycles. The molecule has 4 nitrogen and oxygen atoms in total. The number of rotatable bonds is 3. The maximum atomic E-state index is 12.7. The number of hydrogen-bond donors (Lipinski definition) is 1. The van der Waals surface area contributed by atoms with Crippen molar-refractivity contribution in [1.29, 1.82) is 0 Å². The molecule has 2 aromatic rings. The average molecular weight is 330 g/mol. The lowest BCUT2D eigenvalue weighted by molar-refractivity contribution is -0.118. The highest BCUT2D eigenvalue weighted by molar-refractivity contribution is 6.30. The molecular formula is C18H16ClNO3. The van der Waals surface area contributed by atoms with E-state index in [0.717, 1.165) is 35.6 Å². The van der Waals surface area contributed by atoms with Gasteiger partial charge in [-0.05, 0) is 54.8 Å². The molecule has 0 bridgehead atoms. The Bertz CT molecular complexity index is 753. The lowest BCUT2D eigenvalue weighted by atomic mass is 9.94. The zero-order chi connectivity index (χ0) is 15.9. The molecule has 5 heteroatoms. The molecule has 0 spiro atoms. The van der Waals surface area contributed by atoms with E-state index in [1.165, 1.54) is 0 Å². The zero-order valence-electron chi connectivity index (χ0n) is 12.5. The van der Waals surface area contributed by atoms with Gasteiger partial charge in [-0.15, -0.1) is 0 Å². The second kappa shape index (κ2) is 5.46. The van der Waals surface area contributed by atoms with Crippen LogP contribution in [0.1, 0.15) is 18.4 Å². The van der Waals surface area contributed by atoms with Crippen LogP contribution in [0.15, 0.2) is 42.5 Å². The molecule has 0 atom stereocenters. The number of ether oxygens (including phenoxy) is 2. The highest BCUT2D eigenvalue weighted by atomic mass is 35.5. The Balaban J connectivity index is 1.58. The van der Waals surface area contributed by atoms with Crippen molar-refractivity contribution in [3.8, 4) is 11.5 Å². The topological polar surface area (TPSA) is 47.6 Å². The van der Waals surface area contributed by atoms with Crippen LogP contribution in [0.25, 0.3) is 0 Å². The minimum Gasteiger partial charge on any atom is -0.486 e. The fourth-order valence-electron chi connectivity index (χ4n) is 2.90. The third kappa shape index (κ3) is 2.63. The van der Waals surface area contributed by atoms with Gasteiger partial charge in [0.1, 0.15) is 13.2 Å². The molecule has 4 rings (SSSR count). The number of carbonyl (C=O) groups is 1. The Hall–Kier alpha value is -2.20. The maximum absolute atomic E-state index is 12.7. The summed E-state index contributed by atoms with van der Waals surface area (Å²) in [7, 11) is 0. The van der Waals surface area contributed by atoms with Crippen LogP contribution in [0.2, 0.25) is 5.02 Å². The number of carbonyl (C=O) groups excluding carboxylic acids is 1. The number of benzene rings is 2. The number of fused-ring (bicyclic) bond motifs is 1. The Morgan fingerprint density at radius 2 is 1.70 bits per heavy atom. The first-order chi connectivity index (χ1) is 11.2. The predicted octanol–water partition coefficient (Wildman–Crippen LogP) is 3.78. The molecule has 1 N–H and O–H groups in total. The van der Waals surface area contributed by atoms with Gasteiger partial charge in [-0.1, -0.05) is 17.7 Å². The molecule has 118 valence electrons. The summed E-state index contributed by atoms with van der Waals surface area (Å²) >= 11 is 5.88. The van der Waals surface area contributed by atoms with Gasteiger partial charge in [-0.3, -0.25) is 4.79 Å². The lowest BCUT2D eigenvalue weighted by Crippen LogP contribution is -2.28. The van der Waals surface area contributed by atoms with Gasteiger partial charge in [0, 0.05) is 10.7 Å². The van der Waals surface area contributed by atoms with Crippen molar-refractivity contribution in [2.75, 3.05) is 18.5 Å². The van der Waals surface area contributed by atoms with Gasteiger partial charge >= 0.3 is 0 Å². The van der Waals surface area contributed by atoms with E-state index in [9.17, 15) is 4.79 Å². The fourth-order valence-corrected chi connectivity index (χ4v) is 3.02. The van der Waals surface area contributed by atoms with E-state index in [4.69, 9.17) is 21.1 Å². The van der Waals surface area contributed by atoms with Crippen molar-refractivity contribution in [3.05, 3.63) is 53.1 Å². The van der Waals surface area contributed by atoms with Crippen LogP contribution in [-0.2, 0) is 10.2 Å². The summed E-state index contributed by atoms with van der Waals surface area (Å²) in [6.45, 7) is 1.11. The van der Waals surface area contributed by atoms with Gasteiger partial charge < -0.3 is 14.8 Å². The number of hydrogen-bond acceptors (Lipinski definition) is 3. The van der Waals surface area contributed by atoms with Gasteiger partial charge in [0.15, 0.2) is 11.5 Å². The van der Waals surface area contributed by atoms with Crippen LogP contribution in [0, 0.1) is 0 Å². The fraction of sp³-hybridized carbons (Fsp3) is 0.278. The minimum atomic E-state index is -0.463. The van der Waals surface area contributed by atoms with E-state index < -0.39 is 5.41 Å². The Kier molecular flexibility index (Phi) is 3.42. The van der Waals surface area contributed by atoms with Gasteiger partial charge in [0.05, 0.1) is 5.41 Å². The summed E-state index contributed by atoms with van der Waals surface area (Å²) in [6, 6.07) is 12.9. The average Bonchev–Trinajstić information content (AvgIpc) is 3.38. The van der Waals surface area contributed by atoms with Crippen molar-refractivity contribution in [2.45, 2.75) is 18.3 Å². The Morgan fingerprint density at radius 1 is 1.00 bits per heavy atom. The van der Waals surface area contributed by atoms with Gasteiger partial charge in [-0.25, -0.2) is 0 Å². The van der Waals surface area contributed by atoms with Crippen LogP contribution in [0.4, 0.5) is 5.69 Å². The quantitative estimate of drug-likeness (QED) is 0.932. The molecule has 1 amide bonds. The third-order valence-corrected chi connectivity index (χ3v) is 4.63. The van der Waals surface area contributed by atoms with Crippen LogP contribution in [-0.4, -0.2) is 19.1 Å². The standard InChI is InChI=1S/C18H16ClNO3/c19-13-2-4-14(5-3-13)20-17(21)18(7-8-18)12-1-6-15-16(11-12)23-10-9-22-15/h1-6,11H,7-10H2,(H,20,21). The summed E-state index contributed by atoms with van der Waals surface area (Å²) in [4.78, 5) is 12.7. The normalized spacial score (nSPS) is 17.4. The van der Waals surface area contributed by atoms with Gasteiger partial charge in [0.25, 0.3) is 0 Å². The highest BCUT2D eigenvalue weighted by Crippen LogP contribution is 2.50. The Labute approximate surface area is 139 Å². The largest absolute Gasteiger partial charge is 0.486 e. The zero-order valence-corrected chi connectivity index (χ0v) is 13.2. The van der Waals surface area contributed by atoms with Crippen LogP contribution in [0.3, 0.4) is 0 Å². The summed E-state index contributed by atoms with van der Waals surface area (Å²) < 4.78 is 11.2. The second-order valence-electron chi connectivity index (χ2n) is 5.90. The minimum absolute atomic E-state index is 0.0106. The van der Waals surface area contributed by atoms with E-state index in [0.29, 0.717) is 18.2 Å². The highest BCUT2D eigenvalue weighted by Gasteiger charge is 2.51. The van der Waals surface area contributed by atoms with E-state index in [1.807, 2.05) is 18.2 Å². The molecular weight excluding hydrogens is 314 g/mol. The van der Waals surface area contributed by atoms with Crippen molar-refractivity contribution >= 4 is 23.2 Å². The SMILES string of the molecule is O=C(Nc1ccc(Cl)cc1)C1(c2ccc3c(c2)OCCO3)CC1. The monoisotopic (exact) mass is 329 g/mol. The van der Waals surface area contributed by atoms with Gasteiger partial charge in [-0.2, -0.15) is 0 Å². The van der Waals surface area contributed by atoms with Crippen LogP contribution >= 0.6 is 11.6 Å². The smallest absolute Gasteiger partial charge is 0.235 e. The first-order valence-corrected chi connectivity index (χ1v) is 8.02. The summed E-state index contributed by atoms with van der Waals surface area (Å²) in [5.41, 5.74) is 1.27. The summed E-state index contributed by atoms with van der Waals surface area (Å²) in [5.74, 6) is 1.48. The number of halogens is 1. The molecule has 1 fully saturated rings. The van der Waals surface area contributed by atoms with Crippen LogP contribution < -0.4 is 14.8 Å². The Morgan fingerprint density at radius 3 is 2.39 bits per heavy atom. The van der Waals surface area contributed by atoms with Gasteiger partial charge in [0.2, 0.25) is 5.91 Å². The molecule has 0 aromatic heterocycles.